The molecule has 88 valence electrons. The zero-order valence-electron chi connectivity index (χ0n) is 9.91. The molecule has 0 radical (unpaired) electrons. The first-order valence-corrected chi connectivity index (χ1v) is 8.25. The second-order valence-electron chi connectivity index (χ2n) is 3.68. The van der Waals surface area contributed by atoms with Crippen LogP contribution in [0.15, 0.2) is 4.99 Å². The van der Waals surface area contributed by atoms with Crippen molar-refractivity contribution in [1.29, 1.82) is 0 Å². The summed E-state index contributed by atoms with van der Waals surface area (Å²) in [6, 6.07) is 1.07. The van der Waals surface area contributed by atoms with E-state index in [9.17, 15) is 0 Å². The molecule has 0 heterocycles. The SMILES string of the molecule is CO[Si](C)(CCCCCCN=C=S)OC. The number of nitrogens with zero attached hydrogens (tertiary/aromatic N) is 1. The maximum Gasteiger partial charge on any atom is 0.334 e. The van der Waals surface area contributed by atoms with Crippen LogP contribution in [0.4, 0.5) is 0 Å². The van der Waals surface area contributed by atoms with Crippen LogP contribution in [0.1, 0.15) is 25.7 Å². The maximum absolute atomic E-state index is 5.41. The molecule has 0 amide bonds. The number of aliphatic imine (C=N–C) groups is 1. The molecule has 15 heavy (non-hydrogen) atoms. The highest BCUT2D eigenvalue weighted by atomic mass is 32.1. The van der Waals surface area contributed by atoms with Crippen LogP contribution in [0.25, 0.3) is 0 Å². The minimum Gasteiger partial charge on any atom is -0.398 e. The van der Waals surface area contributed by atoms with Crippen molar-refractivity contribution in [1.82, 2.24) is 0 Å². The molecule has 0 rings (SSSR count). The van der Waals surface area contributed by atoms with Gasteiger partial charge in [0.05, 0.1) is 5.16 Å². The highest BCUT2D eigenvalue weighted by Gasteiger charge is 2.27. The summed E-state index contributed by atoms with van der Waals surface area (Å²) < 4.78 is 10.8. The van der Waals surface area contributed by atoms with Crippen molar-refractivity contribution in [3.8, 4) is 0 Å². The Morgan fingerprint density at radius 2 is 1.73 bits per heavy atom. The van der Waals surface area contributed by atoms with Gasteiger partial charge in [0.1, 0.15) is 0 Å². The van der Waals surface area contributed by atoms with E-state index in [4.69, 9.17) is 8.85 Å². The van der Waals surface area contributed by atoms with Crippen LogP contribution in [-0.2, 0) is 8.85 Å². The molecule has 0 fully saturated rings. The number of rotatable bonds is 9. The van der Waals surface area contributed by atoms with E-state index in [2.05, 4.69) is 28.9 Å². The van der Waals surface area contributed by atoms with E-state index in [-0.39, 0.29) is 0 Å². The van der Waals surface area contributed by atoms with Crippen molar-refractivity contribution in [2.24, 2.45) is 4.99 Å². The Morgan fingerprint density at radius 1 is 1.13 bits per heavy atom. The summed E-state index contributed by atoms with van der Waals surface area (Å²) >= 11 is 4.49. The number of hydrogen-bond acceptors (Lipinski definition) is 4. The quantitative estimate of drug-likeness (QED) is 0.272. The topological polar surface area (TPSA) is 30.8 Å². The Morgan fingerprint density at radius 3 is 2.27 bits per heavy atom. The minimum absolute atomic E-state index is 0.812. The largest absolute Gasteiger partial charge is 0.398 e. The van der Waals surface area contributed by atoms with Crippen LogP contribution in [-0.4, -0.2) is 34.5 Å². The summed E-state index contributed by atoms with van der Waals surface area (Å²) in [6.07, 6.45) is 4.67. The first-order valence-electron chi connectivity index (χ1n) is 5.32. The second-order valence-corrected chi connectivity index (χ2v) is 7.45. The molecule has 0 atom stereocenters. The van der Waals surface area contributed by atoms with E-state index >= 15 is 0 Å². The van der Waals surface area contributed by atoms with Gasteiger partial charge in [-0.2, -0.15) is 0 Å². The molecule has 0 aliphatic heterocycles. The fourth-order valence-electron chi connectivity index (χ4n) is 1.32. The standard InChI is InChI=1S/C10H21NO2SSi/c1-12-15(3,13-2)9-7-5-4-6-8-11-10-14/h4-9H2,1-3H3. The van der Waals surface area contributed by atoms with Crippen molar-refractivity contribution in [2.45, 2.75) is 38.3 Å². The predicted octanol–water partition coefficient (Wildman–Crippen LogP) is 3.01. The molecule has 0 saturated carbocycles. The van der Waals surface area contributed by atoms with Gasteiger partial charge >= 0.3 is 8.56 Å². The van der Waals surface area contributed by atoms with Crippen molar-refractivity contribution in [3.05, 3.63) is 0 Å². The highest BCUT2D eigenvalue weighted by molar-refractivity contribution is 7.78. The Labute approximate surface area is 99.1 Å². The summed E-state index contributed by atoms with van der Waals surface area (Å²) in [5, 5.41) is 2.38. The molecule has 0 bridgehead atoms. The summed E-state index contributed by atoms with van der Waals surface area (Å²) in [6.45, 7) is 2.91. The van der Waals surface area contributed by atoms with Crippen LogP contribution in [0.2, 0.25) is 12.6 Å². The van der Waals surface area contributed by atoms with Gasteiger partial charge in [0, 0.05) is 20.8 Å². The van der Waals surface area contributed by atoms with Gasteiger partial charge in [-0.25, -0.2) is 4.99 Å². The first-order chi connectivity index (χ1) is 7.18. The molecular formula is C10H21NO2SSi. The van der Waals surface area contributed by atoms with Gasteiger partial charge in [-0.3, -0.25) is 0 Å². The normalized spacial score (nSPS) is 11.1. The zero-order chi connectivity index (χ0) is 11.6. The lowest BCUT2D eigenvalue weighted by Crippen LogP contribution is -2.35. The lowest BCUT2D eigenvalue weighted by molar-refractivity contribution is 0.248. The Hall–Kier alpha value is -0.0631. The average Bonchev–Trinajstić information content (AvgIpc) is 2.27. The summed E-state index contributed by atoms with van der Waals surface area (Å²) in [4.78, 5) is 3.87. The molecule has 0 aromatic carbocycles. The van der Waals surface area contributed by atoms with Crippen LogP contribution in [0.5, 0.6) is 0 Å². The minimum atomic E-state index is -1.83. The van der Waals surface area contributed by atoms with E-state index in [1.165, 1.54) is 19.3 Å². The molecule has 3 nitrogen and oxygen atoms in total. The Kier molecular flexibility index (Phi) is 9.15. The van der Waals surface area contributed by atoms with Crippen molar-refractivity contribution in [3.63, 3.8) is 0 Å². The van der Waals surface area contributed by atoms with Gasteiger partial charge in [0.25, 0.3) is 0 Å². The second kappa shape index (κ2) is 9.18. The van der Waals surface area contributed by atoms with Crippen molar-refractivity contribution in [2.75, 3.05) is 20.8 Å². The number of thiocarbonyl (C=S) groups is 1. The van der Waals surface area contributed by atoms with E-state index in [0.717, 1.165) is 19.0 Å². The van der Waals surface area contributed by atoms with Crippen molar-refractivity contribution >= 4 is 25.9 Å². The molecule has 0 aromatic heterocycles. The monoisotopic (exact) mass is 247 g/mol. The van der Waals surface area contributed by atoms with E-state index in [0.29, 0.717) is 0 Å². The number of unbranched alkanes of at least 4 members (excludes halogenated alkanes) is 3. The van der Waals surface area contributed by atoms with E-state index in [1.807, 2.05) is 0 Å². The number of isothiocyanates is 1. The lowest BCUT2D eigenvalue weighted by Gasteiger charge is -2.22. The summed E-state index contributed by atoms with van der Waals surface area (Å²) in [5.74, 6) is 0. The molecule has 0 saturated heterocycles. The predicted molar refractivity (Wildman–Crippen MR) is 68.8 cm³/mol. The molecule has 0 aliphatic rings. The fourth-order valence-corrected chi connectivity index (χ4v) is 2.88. The van der Waals surface area contributed by atoms with Gasteiger partial charge in [-0.1, -0.05) is 19.3 Å². The molecule has 0 spiro atoms. The van der Waals surface area contributed by atoms with Crippen LogP contribution in [0, 0.1) is 0 Å². The molecular weight excluding hydrogens is 226 g/mol. The smallest absolute Gasteiger partial charge is 0.334 e. The third kappa shape index (κ3) is 7.82. The summed E-state index contributed by atoms with van der Waals surface area (Å²) in [7, 11) is 1.65. The maximum atomic E-state index is 5.41. The van der Waals surface area contributed by atoms with Gasteiger partial charge < -0.3 is 8.85 Å². The van der Waals surface area contributed by atoms with Crippen LogP contribution >= 0.6 is 12.2 Å². The third-order valence-electron chi connectivity index (χ3n) is 2.58. The van der Waals surface area contributed by atoms with Crippen LogP contribution < -0.4 is 0 Å². The average molecular weight is 247 g/mol. The van der Waals surface area contributed by atoms with Crippen molar-refractivity contribution < 1.29 is 8.85 Å². The summed E-state index contributed by atoms with van der Waals surface area (Å²) in [5.41, 5.74) is 0. The Balaban J connectivity index is 3.41. The number of hydrogen-bond donors (Lipinski definition) is 0. The van der Waals surface area contributed by atoms with Gasteiger partial charge in [-0.05, 0) is 31.2 Å². The highest BCUT2D eigenvalue weighted by Crippen LogP contribution is 2.16. The third-order valence-corrected chi connectivity index (χ3v) is 5.70. The zero-order valence-corrected chi connectivity index (χ0v) is 11.7. The van der Waals surface area contributed by atoms with Gasteiger partial charge in [0.2, 0.25) is 0 Å². The van der Waals surface area contributed by atoms with Gasteiger partial charge in [-0.15, -0.1) is 0 Å². The molecule has 0 aliphatic carbocycles. The molecule has 0 aromatic rings. The molecule has 0 unspecified atom stereocenters. The fraction of sp³-hybridized carbons (Fsp3) is 0.900. The van der Waals surface area contributed by atoms with Crippen LogP contribution in [0.3, 0.4) is 0 Å². The first kappa shape index (κ1) is 14.9. The Bertz CT molecular complexity index is 204. The van der Waals surface area contributed by atoms with Gasteiger partial charge in [0.15, 0.2) is 0 Å². The lowest BCUT2D eigenvalue weighted by atomic mass is 10.2. The van der Waals surface area contributed by atoms with E-state index < -0.39 is 8.56 Å². The van der Waals surface area contributed by atoms with E-state index in [1.54, 1.807) is 14.2 Å². The molecule has 5 heteroatoms. The molecule has 0 N–H and O–H groups in total.